The lowest BCUT2D eigenvalue weighted by molar-refractivity contribution is -0.125. The van der Waals surface area contributed by atoms with Crippen LogP contribution in [0.25, 0.3) is 11.0 Å². The molecule has 200 valence electrons. The number of ether oxygens (including phenoxy) is 1. The van der Waals surface area contributed by atoms with Crippen molar-refractivity contribution in [3.8, 4) is 5.75 Å². The van der Waals surface area contributed by atoms with Gasteiger partial charge in [0.2, 0.25) is 5.91 Å². The molecule has 5 amide bonds. The zero-order chi connectivity index (χ0) is 27.9. The predicted octanol–water partition coefficient (Wildman–Crippen LogP) is 1.71. The number of amides is 5. The van der Waals surface area contributed by atoms with Gasteiger partial charge in [0.1, 0.15) is 22.7 Å². The third-order valence-electron chi connectivity index (χ3n) is 7.48. The van der Waals surface area contributed by atoms with Crippen molar-refractivity contribution >= 4 is 40.5 Å². The van der Waals surface area contributed by atoms with Crippen molar-refractivity contribution in [2.75, 3.05) is 13.7 Å². The fraction of sp³-hybridized carbons (Fsp3) is 0.269. The van der Waals surface area contributed by atoms with Gasteiger partial charge < -0.3 is 24.7 Å². The van der Waals surface area contributed by atoms with Gasteiger partial charge >= 0.3 is 6.03 Å². The Bertz CT molecular complexity index is 1670. The number of carbonyl (C=O) groups excluding carboxylic acids is 5. The molecule has 1 unspecified atom stereocenters. The van der Waals surface area contributed by atoms with Crippen molar-refractivity contribution in [1.82, 2.24) is 20.9 Å². The first kappa shape index (κ1) is 24.5. The number of Topliss-reactive ketones (excluding diaryl/α,β-unsaturated/α-hetero) is 1. The van der Waals surface area contributed by atoms with E-state index in [2.05, 4.69) is 16.0 Å². The highest BCUT2D eigenvalue weighted by Crippen LogP contribution is 2.38. The number of ketones is 1. The molecule has 3 aromatic rings. The fourth-order valence-corrected chi connectivity index (χ4v) is 5.41. The van der Waals surface area contributed by atoms with E-state index in [0.29, 0.717) is 5.56 Å². The molecule has 1 aromatic heterocycles. The summed E-state index contributed by atoms with van der Waals surface area (Å²) in [4.78, 5) is 64.0. The number of urea groups is 1. The summed E-state index contributed by atoms with van der Waals surface area (Å²) >= 11 is 0. The molecule has 2 aromatic carbocycles. The van der Waals surface area contributed by atoms with E-state index in [0.717, 1.165) is 6.07 Å². The van der Waals surface area contributed by atoms with E-state index in [1.54, 1.807) is 0 Å². The Balaban J connectivity index is 1.41. The molecule has 0 radical (unpaired) electrons. The molecule has 0 spiro atoms. The number of imide groups is 1. The van der Waals surface area contributed by atoms with Crippen LogP contribution in [0.4, 0.5) is 13.6 Å². The number of carbonyl (C=O) groups is 5. The van der Waals surface area contributed by atoms with Crippen molar-refractivity contribution < 1.29 is 41.9 Å². The van der Waals surface area contributed by atoms with Gasteiger partial charge in [0.15, 0.2) is 22.9 Å². The molecule has 2 atom stereocenters. The Hall–Kier alpha value is -4.81. The summed E-state index contributed by atoms with van der Waals surface area (Å²) in [6.45, 7) is 0.906. The van der Waals surface area contributed by atoms with E-state index in [1.165, 1.54) is 43.2 Å². The smallest absolute Gasteiger partial charge is 0.322 e. The summed E-state index contributed by atoms with van der Waals surface area (Å²) in [7, 11) is 1.27. The molecule has 2 fully saturated rings. The van der Waals surface area contributed by atoms with Crippen molar-refractivity contribution in [3.05, 3.63) is 64.4 Å². The van der Waals surface area contributed by atoms with Crippen LogP contribution in [0.5, 0.6) is 5.75 Å². The second-order valence-corrected chi connectivity index (χ2v) is 9.84. The molecule has 2 saturated heterocycles. The van der Waals surface area contributed by atoms with Crippen molar-refractivity contribution in [1.29, 1.82) is 0 Å². The number of hydrogen-bond acceptors (Lipinski definition) is 7. The van der Waals surface area contributed by atoms with Gasteiger partial charge in [0, 0.05) is 23.6 Å². The van der Waals surface area contributed by atoms with Gasteiger partial charge in [-0.3, -0.25) is 24.5 Å². The Morgan fingerprint density at radius 1 is 1.08 bits per heavy atom. The molecule has 39 heavy (non-hydrogen) atoms. The van der Waals surface area contributed by atoms with Crippen LogP contribution in [0.15, 0.2) is 34.7 Å². The second kappa shape index (κ2) is 8.09. The van der Waals surface area contributed by atoms with E-state index in [-0.39, 0.29) is 40.2 Å². The standard InChI is InChI=1S/C26H20F2N4O7/c1-25(17(33)8-19(34)30-25)13-5-12-6-18(39-16(12)7-14(13)27)26(23(36)29-24(37)31-26)10-32-9-11-3-4-15(38-2)21(28)20(11)22(32)35/h3-7H,8-10H2,1-2H3,(H,30,34)(H2,29,31,36,37)/t25-,26?/m0/s1. The number of furan rings is 1. The van der Waals surface area contributed by atoms with Gasteiger partial charge in [-0.1, -0.05) is 6.07 Å². The Labute approximate surface area is 218 Å². The van der Waals surface area contributed by atoms with Gasteiger partial charge in [-0.25, -0.2) is 13.6 Å². The highest BCUT2D eigenvalue weighted by atomic mass is 19.1. The summed E-state index contributed by atoms with van der Waals surface area (Å²) in [6, 6.07) is 5.78. The predicted molar refractivity (Wildman–Crippen MR) is 127 cm³/mol. The third-order valence-corrected chi connectivity index (χ3v) is 7.48. The van der Waals surface area contributed by atoms with Crippen LogP contribution in [0, 0.1) is 11.6 Å². The van der Waals surface area contributed by atoms with Crippen LogP contribution in [-0.2, 0) is 32.0 Å². The molecular formula is C26H20F2N4O7. The quantitative estimate of drug-likeness (QED) is 0.331. The summed E-state index contributed by atoms with van der Waals surface area (Å²) in [5, 5.41) is 7.40. The average molecular weight is 538 g/mol. The largest absolute Gasteiger partial charge is 0.494 e. The molecular weight excluding hydrogens is 518 g/mol. The van der Waals surface area contributed by atoms with Gasteiger partial charge in [-0.05, 0) is 30.7 Å². The maximum atomic E-state index is 15.2. The third kappa shape index (κ3) is 3.42. The van der Waals surface area contributed by atoms with Crippen LogP contribution >= 0.6 is 0 Å². The maximum absolute atomic E-state index is 15.2. The van der Waals surface area contributed by atoms with E-state index in [1.807, 2.05) is 0 Å². The number of rotatable bonds is 5. The van der Waals surface area contributed by atoms with Crippen LogP contribution < -0.4 is 20.7 Å². The number of nitrogens with zero attached hydrogens (tertiary/aromatic N) is 1. The van der Waals surface area contributed by atoms with Crippen LogP contribution in [-0.4, -0.2) is 48.1 Å². The van der Waals surface area contributed by atoms with E-state index in [9.17, 15) is 28.4 Å². The summed E-state index contributed by atoms with van der Waals surface area (Å²) in [5.41, 5.74) is -3.46. The average Bonchev–Trinajstić information content (AvgIpc) is 3.58. The lowest BCUT2D eigenvalue weighted by atomic mass is 9.88. The molecule has 0 aliphatic carbocycles. The normalized spacial score (nSPS) is 24.3. The number of methoxy groups -OCH3 is 1. The molecule has 6 rings (SSSR count). The zero-order valence-electron chi connectivity index (χ0n) is 20.6. The van der Waals surface area contributed by atoms with Crippen LogP contribution in [0.2, 0.25) is 0 Å². The summed E-state index contributed by atoms with van der Waals surface area (Å²) < 4.78 is 40.8. The zero-order valence-corrected chi connectivity index (χ0v) is 20.6. The van der Waals surface area contributed by atoms with Gasteiger partial charge in [0.05, 0.1) is 25.6 Å². The Morgan fingerprint density at radius 2 is 1.85 bits per heavy atom. The SMILES string of the molecule is COc1ccc2c(c1F)C(=O)N(CC1(c3cc4cc([C@]5(C)NC(=O)CC5=O)c(F)cc4o3)NC(=O)NC1=O)C2. The topological polar surface area (TPSA) is 147 Å². The van der Waals surface area contributed by atoms with Crippen LogP contribution in [0.1, 0.15) is 40.6 Å². The lowest BCUT2D eigenvalue weighted by Gasteiger charge is -2.29. The van der Waals surface area contributed by atoms with Crippen molar-refractivity contribution in [3.63, 3.8) is 0 Å². The molecule has 11 nitrogen and oxygen atoms in total. The van der Waals surface area contributed by atoms with Gasteiger partial charge in [-0.2, -0.15) is 0 Å². The molecule has 0 bridgehead atoms. The number of halogens is 2. The summed E-state index contributed by atoms with van der Waals surface area (Å²) in [6.07, 6.45) is -0.390. The highest BCUT2D eigenvalue weighted by Gasteiger charge is 2.53. The minimum atomic E-state index is -1.92. The van der Waals surface area contributed by atoms with E-state index >= 15 is 4.39 Å². The van der Waals surface area contributed by atoms with E-state index in [4.69, 9.17) is 9.15 Å². The van der Waals surface area contributed by atoms with Crippen LogP contribution in [0.3, 0.4) is 0 Å². The van der Waals surface area contributed by atoms with Crippen molar-refractivity contribution in [2.45, 2.75) is 31.0 Å². The van der Waals surface area contributed by atoms with E-state index < -0.39 is 65.2 Å². The maximum Gasteiger partial charge on any atom is 0.322 e. The van der Waals surface area contributed by atoms with Gasteiger partial charge in [0.25, 0.3) is 11.8 Å². The second-order valence-electron chi connectivity index (χ2n) is 9.84. The molecule has 3 aliphatic heterocycles. The molecule has 4 heterocycles. The first-order valence-corrected chi connectivity index (χ1v) is 11.8. The lowest BCUT2D eigenvalue weighted by Crippen LogP contribution is -2.52. The molecule has 3 N–H and O–H groups in total. The molecule has 0 saturated carbocycles. The first-order chi connectivity index (χ1) is 18.5. The molecule has 13 heteroatoms. The monoisotopic (exact) mass is 538 g/mol. The number of nitrogens with one attached hydrogen (secondary N) is 3. The fourth-order valence-electron chi connectivity index (χ4n) is 5.41. The summed E-state index contributed by atoms with van der Waals surface area (Å²) in [5.74, 6) is -4.51. The number of fused-ring (bicyclic) bond motifs is 2. The minimum Gasteiger partial charge on any atom is -0.494 e. The Kier molecular flexibility index (Phi) is 5.09. The minimum absolute atomic E-state index is 0.00763. The number of benzene rings is 2. The van der Waals surface area contributed by atoms with Gasteiger partial charge in [-0.15, -0.1) is 0 Å². The Morgan fingerprint density at radius 3 is 2.49 bits per heavy atom. The first-order valence-electron chi connectivity index (χ1n) is 11.8. The number of hydrogen-bond donors (Lipinski definition) is 3. The van der Waals surface area contributed by atoms with Crippen molar-refractivity contribution in [2.24, 2.45) is 0 Å². The molecule has 3 aliphatic rings. The highest BCUT2D eigenvalue weighted by molar-refractivity contribution is 6.11.